The smallest absolute Gasteiger partial charge is 0.133 e. The van der Waals surface area contributed by atoms with Crippen LogP contribution in [0.15, 0.2) is 23.8 Å². The molecule has 2 aromatic heterocycles. The van der Waals surface area contributed by atoms with E-state index in [4.69, 9.17) is 4.98 Å². The lowest BCUT2D eigenvalue weighted by Gasteiger charge is -2.38. The lowest BCUT2D eigenvalue weighted by molar-refractivity contribution is 0.198. The summed E-state index contributed by atoms with van der Waals surface area (Å²) in [7, 11) is 0. The van der Waals surface area contributed by atoms with Crippen molar-refractivity contribution in [3.05, 3.63) is 34.7 Å². The number of thiazole rings is 1. The second kappa shape index (κ2) is 6.71. The molecule has 1 aliphatic heterocycles. The summed E-state index contributed by atoms with van der Waals surface area (Å²) in [5, 5.41) is 3.26. The van der Waals surface area contributed by atoms with Crippen LogP contribution in [-0.4, -0.2) is 46.0 Å². The highest BCUT2D eigenvalue weighted by atomic mass is 32.1. The number of piperazine rings is 1. The molecule has 1 unspecified atom stereocenters. The van der Waals surface area contributed by atoms with Crippen LogP contribution >= 0.6 is 11.3 Å². The van der Waals surface area contributed by atoms with Gasteiger partial charge in [0.15, 0.2) is 0 Å². The second-order valence-electron chi connectivity index (χ2n) is 6.00. The standard InChI is InChI=1S/C16H23N5S/c1-12(2)15-17-5-4-14(19-15)21-9-7-20(8-10-21)13(3)16-18-6-11-22-16/h4-6,11-13H,7-10H2,1-3H3. The molecule has 1 saturated heterocycles. The van der Waals surface area contributed by atoms with Gasteiger partial charge in [0.25, 0.3) is 0 Å². The van der Waals surface area contributed by atoms with Gasteiger partial charge in [-0.25, -0.2) is 15.0 Å². The summed E-state index contributed by atoms with van der Waals surface area (Å²) in [6.45, 7) is 10.6. The van der Waals surface area contributed by atoms with Crippen LogP contribution in [0.25, 0.3) is 0 Å². The van der Waals surface area contributed by atoms with E-state index in [9.17, 15) is 0 Å². The van der Waals surface area contributed by atoms with E-state index in [0.717, 1.165) is 37.8 Å². The Bertz CT molecular complexity index is 590. The Balaban J connectivity index is 1.63. The van der Waals surface area contributed by atoms with Gasteiger partial charge in [-0.2, -0.15) is 0 Å². The molecular weight excluding hydrogens is 294 g/mol. The molecule has 3 rings (SSSR count). The molecule has 0 saturated carbocycles. The molecule has 0 spiro atoms. The average Bonchev–Trinajstić information content (AvgIpc) is 3.09. The Kier molecular flexibility index (Phi) is 4.69. The fourth-order valence-corrected chi connectivity index (χ4v) is 3.48. The largest absolute Gasteiger partial charge is 0.354 e. The van der Waals surface area contributed by atoms with Crippen LogP contribution in [0.2, 0.25) is 0 Å². The average molecular weight is 317 g/mol. The molecule has 3 heterocycles. The van der Waals surface area contributed by atoms with Gasteiger partial charge in [-0.05, 0) is 13.0 Å². The SMILES string of the molecule is CC(C)c1nccc(N2CCN(C(C)c3nccs3)CC2)n1. The normalized spacial score (nSPS) is 17.9. The highest BCUT2D eigenvalue weighted by molar-refractivity contribution is 7.09. The van der Waals surface area contributed by atoms with Crippen LogP contribution in [0.5, 0.6) is 0 Å². The first-order valence-electron chi connectivity index (χ1n) is 7.86. The van der Waals surface area contributed by atoms with E-state index in [2.05, 4.69) is 45.9 Å². The first-order valence-corrected chi connectivity index (χ1v) is 8.74. The molecule has 2 aromatic rings. The lowest BCUT2D eigenvalue weighted by atomic mass is 10.2. The van der Waals surface area contributed by atoms with Crippen molar-refractivity contribution >= 4 is 17.2 Å². The molecule has 0 amide bonds. The lowest BCUT2D eigenvalue weighted by Crippen LogP contribution is -2.47. The number of aromatic nitrogens is 3. The fourth-order valence-electron chi connectivity index (χ4n) is 2.75. The minimum absolute atomic E-state index is 0.367. The van der Waals surface area contributed by atoms with Crippen molar-refractivity contribution in [1.82, 2.24) is 19.9 Å². The van der Waals surface area contributed by atoms with Gasteiger partial charge in [-0.1, -0.05) is 13.8 Å². The molecule has 0 radical (unpaired) electrons. The van der Waals surface area contributed by atoms with E-state index in [1.807, 2.05) is 18.5 Å². The van der Waals surface area contributed by atoms with Gasteiger partial charge in [0.1, 0.15) is 16.6 Å². The van der Waals surface area contributed by atoms with E-state index >= 15 is 0 Å². The van der Waals surface area contributed by atoms with Crippen LogP contribution in [0, 0.1) is 0 Å². The van der Waals surface area contributed by atoms with E-state index in [1.54, 1.807) is 11.3 Å². The van der Waals surface area contributed by atoms with Crippen LogP contribution in [-0.2, 0) is 0 Å². The maximum absolute atomic E-state index is 4.70. The minimum atomic E-state index is 0.367. The van der Waals surface area contributed by atoms with Crippen LogP contribution in [0.4, 0.5) is 5.82 Å². The van der Waals surface area contributed by atoms with Crippen LogP contribution < -0.4 is 4.90 Å². The second-order valence-corrected chi connectivity index (χ2v) is 6.92. The molecule has 0 N–H and O–H groups in total. The maximum atomic E-state index is 4.70. The zero-order valence-electron chi connectivity index (χ0n) is 13.4. The topological polar surface area (TPSA) is 45.2 Å². The van der Waals surface area contributed by atoms with Crippen molar-refractivity contribution in [2.45, 2.75) is 32.7 Å². The van der Waals surface area contributed by atoms with E-state index in [0.29, 0.717) is 12.0 Å². The monoisotopic (exact) mass is 317 g/mol. The number of hydrogen-bond acceptors (Lipinski definition) is 6. The Labute approximate surface area is 136 Å². The predicted molar refractivity (Wildman–Crippen MR) is 90.4 cm³/mol. The number of rotatable bonds is 4. The molecule has 1 fully saturated rings. The zero-order chi connectivity index (χ0) is 15.5. The van der Waals surface area contributed by atoms with Crippen molar-refractivity contribution in [3.63, 3.8) is 0 Å². The third kappa shape index (κ3) is 3.28. The molecule has 22 heavy (non-hydrogen) atoms. The number of hydrogen-bond donors (Lipinski definition) is 0. The highest BCUT2D eigenvalue weighted by Crippen LogP contribution is 2.24. The van der Waals surface area contributed by atoms with Gasteiger partial charge < -0.3 is 4.90 Å². The molecule has 1 aliphatic rings. The van der Waals surface area contributed by atoms with Crippen molar-refractivity contribution < 1.29 is 0 Å². The van der Waals surface area contributed by atoms with Crippen molar-refractivity contribution in [1.29, 1.82) is 0 Å². The van der Waals surface area contributed by atoms with Gasteiger partial charge >= 0.3 is 0 Å². The Hall–Kier alpha value is -1.53. The zero-order valence-corrected chi connectivity index (χ0v) is 14.3. The summed E-state index contributed by atoms with van der Waals surface area (Å²) in [6.07, 6.45) is 3.77. The number of anilines is 1. The molecule has 5 nitrogen and oxygen atoms in total. The van der Waals surface area contributed by atoms with Crippen LogP contribution in [0.1, 0.15) is 43.6 Å². The molecular formula is C16H23N5S. The van der Waals surface area contributed by atoms with Crippen molar-refractivity contribution in [2.75, 3.05) is 31.1 Å². The van der Waals surface area contributed by atoms with Gasteiger partial charge in [-0.15, -0.1) is 11.3 Å². The van der Waals surface area contributed by atoms with Gasteiger partial charge in [0.05, 0.1) is 6.04 Å². The fraction of sp³-hybridized carbons (Fsp3) is 0.562. The predicted octanol–water partition coefficient (Wildman–Crippen LogP) is 2.94. The summed E-state index contributed by atoms with van der Waals surface area (Å²) >= 11 is 1.74. The summed E-state index contributed by atoms with van der Waals surface area (Å²) in [5.41, 5.74) is 0. The van der Waals surface area contributed by atoms with E-state index in [-0.39, 0.29) is 0 Å². The summed E-state index contributed by atoms with van der Waals surface area (Å²) in [6, 6.07) is 2.42. The molecule has 6 heteroatoms. The van der Waals surface area contributed by atoms with Gasteiger partial charge in [0, 0.05) is 49.9 Å². The molecule has 1 atom stereocenters. The Morgan fingerprint density at radius 3 is 2.45 bits per heavy atom. The van der Waals surface area contributed by atoms with Crippen LogP contribution in [0.3, 0.4) is 0 Å². The van der Waals surface area contributed by atoms with Gasteiger partial charge in [-0.3, -0.25) is 4.90 Å². The van der Waals surface area contributed by atoms with Gasteiger partial charge in [0.2, 0.25) is 0 Å². The molecule has 0 aliphatic carbocycles. The molecule has 0 bridgehead atoms. The highest BCUT2D eigenvalue weighted by Gasteiger charge is 2.24. The molecule has 118 valence electrons. The maximum Gasteiger partial charge on any atom is 0.133 e. The van der Waals surface area contributed by atoms with Crippen molar-refractivity contribution in [2.24, 2.45) is 0 Å². The minimum Gasteiger partial charge on any atom is -0.354 e. The summed E-state index contributed by atoms with van der Waals surface area (Å²) in [5.74, 6) is 2.35. The first-order chi connectivity index (χ1) is 10.6. The third-order valence-electron chi connectivity index (χ3n) is 4.17. The summed E-state index contributed by atoms with van der Waals surface area (Å²) < 4.78 is 0. The summed E-state index contributed by atoms with van der Waals surface area (Å²) in [4.78, 5) is 18.4. The Morgan fingerprint density at radius 1 is 1.05 bits per heavy atom. The third-order valence-corrected chi connectivity index (χ3v) is 5.12. The van der Waals surface area contributed by atoms with E-state index < -0.39 is 0 Å². The quantitative estimate of drug-likeness (QED) is 0.867. The Morgan fingerprint density at radius 2 is 1.82 bits per heavy atom. The molecule has 0 aromatic carbocycles. The first kappa shape index (κ1) is 15.4. The number of nitrogens with zero attached hydrogens (tertiary/aromatic N) is 5. The van der Waals surface area contributed by atoms with E-state index in [1.165, 1.54) is 5.01 Å². The van der Waals surface area contributed by atoms with Crippen molar-refractivity contribution in [3.8, 4) is 0 Å².